The van der Waals surface area contributed by atoms with Crippen LogP contribution in [0.15, 0.2) is 24.3 Å². The number of amides is 1. The summed E-state index contributed by atoms with van der Waals surface area (Å²) in [6.45, 7) is 7.24. The van der Waals surface area contributed by atoms with Crippen LogP contribution < -0.4 is 9.64 Å². The van der Waals surface area contributed by atoms with Crippen molar-refractivity contribution < 1.29 is 19.1 Å². The monoisotopic (exact) mass is 307 g/mol. The summed E-state index contributed by atoms with van der Waals surface area (Å²) in [5.41, 5.74) is 0.0846. The lowest BCUT2D eigenvalue weighted by Crippen LogP contribution is -2.38. The van der Waals surface area contributed by atoms with E-state index in [4.69, 9.17) is 9.47 Å². The van der Waals surface area contributed by atoms with E-state index in [9.17, 15) is 9.59 Å². The molecule has 0 fully saturated rings. The van der Waals surface area contributed by atoms with Crippen LogP contribution in [-0.2, 0) is 14.3 Å². The molecular weight excluding hydrogens is 282 g/mol. The van der Waals surface area contributed by atoms with Gasteiger partial charge in [0.15, 0.2) is 0 Å². The van der Waals surface area contributed by atoms with Gasteiger partial charge in [0.05, 0.1) is 7.11 Å². The summed E-state index contributed by atoms with van der Waals surface area (Å²) >= 11 is 0. The van der Waals surface area contributed by atoms with Gasteiger partial charge in [-0.05, 0) is 51.5 Å². The quantitative estimate of drug-likeness (QED) is 0.758. The molecule has 0 aliphatic heterocycles. The summed E-state index contributed by atoms with van der Waals surface area (Å²) in [4.78, 5) is 25.8. The number of hydrogen-bond acceptors (Lipinski definition) is 4. The topological polar surface area (TPSA) is 55.8 Å². The summed E-state index contributed by atoms with van der Waals surface area (Å²) in [7, 11) is 1.58. The molecule has 1 aromatic rings. The maximum Gasteiger partial charge on any atom is 0.326 e. The molecule has 0 N–H and O–H groups in total. The highest BCUT2D eigenvalue weighted by Crippen LogP contribution is 2.21. The number of carbonyl (C=O) groups is 2. The number of carbonyl (C=O) groups excluding carboxylic acids is 2. The van der Waals surface area contributed by atoms with E-state index < -0.39 is 11.6 Å². The minimum atomic E-state index is -0.573. The Hall–Kier alpha value is -2.04. The first-order valence-electron chi connectivity index (χ1n) is 7.43. The van der Waals surface area contributed by atoms with Crippen molar-refractivity contribution in [3.8, 4) is 5.75 Å². The molecule has 0 atom stereocenters. The first-order valence-corrected chi connectivity index (χ1v) is 7.43. The van der Waals surface area contributed by atoms with E-state index in [-0.39, 0.29) is 12.5 Å². The van der Waals surface area contributed by atoms with Crippen LogP contribution in [0, 0.1) is 0 Å². The number of esters is 1. The Morgan fingerprint density at radius 1 is 1.14 bits per heavy atom. The SMILES string of the molecule is CCCC(=O)N(CC(=O)OC(C)(C)C)c1ccc(OC)cc1. The molecule has 0 aliphatic rings. The van der Waals surface area contributed by atoms with E-state index in [0.29, 0.717) is 17.9 Å². The van der Waals surface area contributed by atoms with Gasteiger partial charge in [-0.1, -0.05) is 6.92 Å². The largest absolute Gasteiger partial charge is 0.497 e. The normalized spacial score (nSPS) is 11.0. The Labute approximate surface area is 132 Å². The summed E-state index contributed by atoms with van der Waals surface area (Å²) in [6, 6.07) is 7.04. The van der Waals surface area contributed by atoms with Crippen molar-refractivity contribution in [1.29, 1.82) is 0 Å². The van der Waals surface area contributed by atoms with Crippen molar-refractivity contribution in [2.75, 3.05) is 18.6 Å². The Kier molecular flexibility index (Phi) is 6.40. The van der Waals surface area contributed by atoms with Crippen LogP contribution in [-0.4, -0.2) is 31.1 Å². The van der Waals surface area contributed by atoms with Crippen LogP contribution in [0.3, 0.4) is 0 Å². The average molecular weight is 307 g/mol. The lowest BCUT2D eigenvalue weighted by molar-refractivity contribution is -0.153. The second-order valence-electron chi connectivity index (χ2n) is 6.01. The van der Waals surface area contributed by atoms with Crippen molar-refractivity contribution >= 4 is 17.6 Å². The van der Waals surface area contributed by atoms with Gasteiger partial charge in [-0.2, -0.15) is 0 Å². The predicted molar refractivity (Wildman–Crippen MR) is 86.1 cm³/mol. The molecule has 0 heterocycles. The molecule has 0 aliphatic carbocycles. The van der Waals surface area contributed by atoms with Crippen molar-refractivity contribution in [3.05, 3.63) is 24.3 Å². The van der Waals surface area contributed by atoms with Gasteiger partial charge >= 0.3 is 5.97 Å². The summed E-state index contributed by atoms with van der Waals surface area (Å²) in [5.74, 6) is 0.176. The first-order chi connectivity index (χ1) is 10.3. The van der Waals surface area contributed by atoms with Gasteiger partial charge in [0.2, 0.25) is 5.91 Å². The zero-order valence-electron chi connectivity index (χ0n) is 14.0. The van der Waals surface area contributed by atoms with E-state index in [1.807, 2.05) is 6.92 Å². The highest BCUT2D eigenvalue weighted by Gasteiger charge is 2.23. The van der Waals surface area contributed by atoms with Crippen LogP contribution in [0.5, 0.6) is 5.75 Å². The number of nitrogens with zero attached hydrogens (tertiary/aromatic N) is 1. The number of ether oxygens (including phenoxy) is 2. The fourth-order valence-electron chi connectivity index (χ4n) is 1.94. The molecule has 0 saturated heterocycles. The van der Waals surface area contributed by atoms with Gasteiger partial charge in [-0.15, -0.1) is 0 Å². The van der Waals surface area contributed by atoms with Crippen LogP contribution >= 0.6 is 0 Å². The number of rotatable bonds is 6. The van der Waals surface area contributed by atoms with Gasteiger partial charge < -0.3 is 14.4 Å². The highest BCUT2D eigenvalue weighted by atomic mass is 16.6. The zero-order valence-corrected chi connectivity index (χ0v) is 14.0. The lowest BCUT2D eigenvalue weighted by Gasteiger charge is -2.25. The van der Waals surface area contributed by atoms with E-state index in [1.165, 1.54) is 4.90 Å². The lowest BCUT2D eigenvalue weighted by atomic mass is 10.2. The fraction of sp³-hybridized carbons (Fsp3) is 0.529. The fourth-order valence-corrected chi connectivity index (χ4v) is 1.94. The molecular formula is C17H25NO4. The average Bonchev–Trinajstić information content (AvgIpc) is 2.43. The Morgan fingerprint density at radius 2 is 1.73 bits per heavy atom. The molecule has 5 heteroatoms. The van der Waals surface area contributed by atoms with E-state index >= 15 is 0 Å². The molecule has 0 spiro atoms. The maximum absolute atomic E-state index is 12.3. The Morgan fingerprint density at radius 3 is 2.18 bits per heavy atom. The molecule has 0 saturated carbocycles. The Balaban J connectivity index is 2.92. The van der Waals surface area contributed by atoms with Crippen molar-refractivity contribution in [1.82, 2.24) is 0 Å². The maximum atomic E-state index is 12.3. The molecule has 0 aromatic heterocycles. The molecule has 1 aromatic carbocycles. The van der Waals surface area contributed by atoms with E-state index in [2.05, 4.69) is 0 Å². The minimum Gasteiger partial charge on any atom is -0.497 e. The summed E-state index contributed by atoms with van der Waals surface area (Å²) < 4.78 is 10.4. The van der Waals surface area contributed by atoms with Gasteiger partial charge in [-0.3, -0.25) is 9.59 Å². The second kappa shape index (κ2) is 7.82. The summed E-state index contributed by atoms with van der Waals surface area (Å²) in [6.07, 6.45) is 1.11. The molecule has 0 bridgehead atoms. The molecule has 0 unspecified atom stereocenters. The third kappa shape index (κ3) is 5.76. The predicted octanol–water partition coefficient (Wildman–Crippen LogP) is 3.17. The van der Waals surface area contributed by atoms with Gasteiger partial charge in [0, 0.05) is 12.1 Å². The van der Waals surface area contributed by atoms with Crippen LogP contribution in [0.1, 0.15) is 40.5 Å². The number of methoxy groups -OCH3 is 1. The second-order valence-corrected chi connectivity index (χ2v) is 6.01. The third-order valence-electron chi connectivity index (χ3n) is 2.86. The first kappa shape index (κ1) is 18.0. The van der Waals surface area contributed by atoms with Crippen LogP contribution in [0.4, 0.5) is 5.69 Å². The zero-order chi connectivity index (χ0) is 16.8. The van der Waals surface area contributed by atoms with Crippen molar-refractivity contribution in [2.45, 2.75) is 46.1 Å². The van der Waals surface area contributed by atoms with Crippen LogP contribution in [0.2, 0.25) is 0 Å². The molecule has 5 nitrogen and oxygen atoms in total. The minimum absolute atomic E-state index is 0.0948. The third-order valence-corrected chi connectivity index (χ3v) is 2.86. The van der Waals surface area contributed by atoms with Gasteiger partial charge in [0.25, 0.3) is 0 Å². The van der Waals surface area contributed by atoms with Crippen LogP contribution in [0.25, 0.3) is 0 Å². The molecule has 1 amide bonds. The smallest absolute Gasteiger partial charge is 0.326 e. The molecule has 22 heavy (non-hydrogen) atoms. The standard InChI is InChI=1S/C17H25NO4/c1-6-7-15(19)18(12-16(20)22-17(2,3)4)13-8-10-14(21-5)11-9-13/h8-11H,6-7,12H2,1-5H3. The van der Waals surface area contributed by atoms with Crippen molar-refractivity contribution in [3.63, 3.8) is 0 Å². The molecule has 1 rings (SSSR count). The van der Waals surface area contributed by atoms with E-state index in [1.54, 1.807) is 52.1 Å². The van der Waals surface area contributed by atoms with Crippen molar-refractivity contribution in [2.24, 2.45) is 0 Å². The summed E-state index contributed by atoms with van der Waals surface area (Å²) in [5, 5.41) is 0. The number of benzene rings is 1. The van der Waals surface area contributed by atoms with Gasteiger partial charge in [0.1, 0.15) is 17.9 Å². The number of hydrogen-bond donors (Lipinski definition) is 0. The molecule has 122 valence electrons. The Bertz CT molecular complexity index is 502. The highest BCUT2D eigenvalue weighted by molar-refractivity contribution is 5.97. The van der Waals surface area contributed by atoms with Gasteiger partial charge in [-0.25, -0.2) is 0 Å². The number of anilines is 1. The van der Waals surface area contributed by atoms with E-state index in [0.717, 1.165) is 6.42 Å². The molecule has 0 radical (unpaired) electrons.